The number of aliphatic hydroxyl groups is 1. The molecular weight excluding hydrogens is 432 g/mol. The first kappa shape index (κ1) is 23.1. The van der Waals surface area contributed by atoms with Crippen LogP contribution in [-0.2, 0) is 18.6 Å². The van der Waals surface area contributed by atoms with E-state index >= 15 is 0 Å². The Kier molecular flexibility index (Phi) is 6.16. The number of imidazole rings is 1. The largest absolute Gasteiger partial charge is 0.384 e. The fourth-order valence-electron chi connectivity index (χ4n) is 3.94. The maximum absolute atomic E-state index is 12.3. The Morgan fingerprint density at radius 3 is 2.12 bits per heavy atom. The monoisotopic (exact) mass is 460 g/mol. The van der Waals surface area contributed by atoms with Crippen LogP contribution in [0.4, 0.5) is 0 Å². The molecule has 1 amide bonds. The first-order valence-electron chi connectivity index (χ1n) is 11.0. The van der Waals surface area contributed by atoms with Crippen LogP contribution in [0.15, 0.2) is 48.5 Å². The van der Waals surface area contributed by atoms with Gasteiger partial charge in [0.1, 0.15) is 22.8 Å². The van der Waals surface area contributed by atoms with Crippen molar-refractivity contribution in [3.05, 3.63) is 71.3 Å². The van der Waals surface area contributed by atoms with E-state index in [9.17, 15) is 9.90 Å². The van der Waals surface area contributed by atoms with Gasteiger partial charge >= 0.3 is 0 Å². The van der Waals surface area contributed by atoms with Crippen molar-refractivity contribution in [2.45, 2.75) is 45.8 Å². The molecule has 176 valence electrons. The highest BCUT2D eigenvalue weighted by Gasteiger charge is 2.30. The third kappa shape index (κ3) is 4.53. The summed E-state index contributed by atoms with van der Waals surface area (Å²) in [6.45, 7) is 5.68. The predicted octanol–water partition coefficient (Wildman–Crippen LogP) is 2.24. The second-order valence-corrected chi connectivity index (χ2v) is 8.71. The quantitative estimate of drug-likeness (QED) is 0.341. The normalized spacial score (nSPS) is 11.6. The van der Waals surface area contributed by atoms with Crippen molar-refractivity contribution in [3.8, 4) is 22.5 Å². The second-order valence-electron chi connectivity index (χ2n) is 8.71. The molecule has 0 aliphatic heterocycles. The van der Waals surface area contributed by atoms with Gasteiger partial charge in [-0.15, -0.1) is 9.89 Å². The topological polar surface area (TPSA) is 151 Å². The number of primary amides is 1. The number of carbonyl (C=O) groups excluding carboxylic acids is 1. The van der Waals surface area contributed by atoms with Crippen molar-refractivity contribution in [2.75, 3.05) is 5.84 Å². The lowest BCUT2D eigenvalue weighted by atomic mass is 10.0. The number of hydrogen-bond donors (Lipinski definition) is 3. The van der Waals surface area contributed by atoms with E-state index in [0.717, 1.165) is 39.3 Å². The van der Waals surface area contributed by atoms with Crippen LogP contribution in [0.1, 0.15) is 54.8 Å². The fourth-order valence-corrected chi connectivity index (χ4v) is 3.94. The van der Waals surface area contributed by atoms with Gasteiger partial charge in [0.15, 0.2) is 0 Å². The Balaban J connectivity index is 1.61. The van der Waals surface area contributed by atoms with Gasteiger partial charge < -0.3 is 21.2 Å². The van der Waals surface area contributed by atoms with Gasteiger partial charge in [-0.25, -0.2) is 4.98 Å². The van der Waals surface area contributed by atoms with E-state index in [1.165, 1.54) is 0 Å². The molecule has 10 heteroatoms. The summed E-state index contributed by atoms with van der Waals surface area (Å²) in [6.07, 6.45) is 1.53. The number of nitrogens with zero attached hydrogens (tertiary/aromatic N) is 6. The van der Waals surface area contributed by atoms with Gasteiger partial charge in [0.25, 0.3) is 5.91 Å². The van der Waals surface area contributed by atoms with Crippen molar-refractivity contribution in [1.29, 1.82) is 0 Å². The number of benzene rings is 2. The lowest BCUT2D eigenvalue weighted by Gasteiger charge is -2.16. The van der Waals surface area contributed by atoms with Crippen molar-refractivity contribution < 1.29 is 9.90 Å². The molecule has 0 unspecified atom stereocenters. The number of nitrogens with two attached hydrogens (primary N) is 2. The first-order chi connectivity index (χ1) is 16.2. The Hall–Kier alpha value is -4.05. The van der Waals surface area contributed by atoms with Gasteiger partial charge in [0.05, 0.1) is 0 Å². The number of nitrogen functional groups attached to an aromatic ring is 1. The molecule has 0 spiro atoms. The summed E-state index contributed by atoms with van der Waals surface area (Å²) in [5.41, 5.74) is 8.85. The molecule has 34 heavy (non-hydrogen) atoms. The van der Waals surface area contributed by atoms with E-state index in [2.05, 4.69) is 20.5 Å². The molecule has 0 radical (unpaired) electrons. The lowest BCUT2D eigenvalue weighted by molar-refractivity contribution is 0.0711. The highest BCUT2D eigenvalue weighted by atomic mass is 16.3. The van der Waals surface area contributed by atoms with Crippen LogP contribution in [0.2, 0.25) is 0 Å². The summed E-state index contributed by atoms with van der Waals surface area (Å²) >= 11 is 0. The number of amides is 1. The number of aryl methyl sites for hydroxylation is 1. The predicted molar refractivity (Wildman–Crippen MR) is 128 cm³/mol. The van der Waals surface area contributed by atoms with Crippen LogP contribution in [0, 0.1) is 0 Å². The minimum absolute atomic E-state index is 0.248. The van der Waals surface area contributed by atoms with Crippen LogP contribution in [0.5, 0.6) is 0 Å². The SMILES string of the molecule is CCCc1nc(C(C)(C)O)c(C(N)=O)n1Cc1ccc(-c2ccc(-c3nnnn3N)cc2)cc1. The number of hydrogen-bond acceptors (Lipinski definition) is 7. The third-order valence-electron chi connectivity index (χ3n) is 5.60. The summed E-state index contributed by atoms with van der Waals surface area (Å²) in [7, 11) is 0. The molecule has 0 saturated carbocycles. The van der Waals surface area contributed by atoms with Gasteiger partial charge in [-0.05, 0) is 47.4 Å². The first-order valence-corrected chi connectivity index (χ1v) is 11.0. The molecule has 2 heterocycles. The molecule has 2 aromatic heterocycles. The fraction of sp³-hybridized carbons (Fsp3) is 0.292. The van der Waals surface area contributed by atoms with Crippen LogP contribution in [0.3, 0.4) is 0 Å². The Bertz CT molecular complexity index is 1300. The summed E-state index contributed by atoms with van der Waals surface area (Å²) in [5, 5.41) is 21.7. The molecular formula is C24H28N8O2. The zero-order valence-corrected chi connectivity index (χ0v) is 19.4. The Labute approximate surface area is 197 Å². The minimum atomic E-state index is -1.28. The smallest absolute Gasteiger partial charge is 0.267 e. The molecule has 0 aliphatic carbocycles. The summed E-state index contributed by atoms with van der Waals surface area (Å²) in [4.78, 5) is 18.0. The molecule has 4 rings (SSSR count). The minimum Gasteiger partial charge on any atom is -0.384 e. The van der Waals surface area contributed by atoms with Crippen LogP contribution < -0.4 is 11.6 Å². The van der Waals surface area contributed by atoms with Crippen molar-refractivity contribution >= 4 is 5.91 Å². The molecule has 0 bridgehead atoms. The molecule has 0 fully saturated rings. The standard InChI is InChI=1S/C24H28N8O2/c1-4-5-19-27-21(24(2,3)34)20(22(25)33)31(19)14-15-6-8-16(9-7-15)17-10-12-18(13-11-17)23-28-29-30-32(23)26/h6-13,34H,4-5,14,26H2,1-3H3,(H2,25,33). The zero-order valence-electron chi connectivity index (χ0n) is 19.4. The summed E-state index contributed by atoms with van der Waals surface area (Å²) in [5.74, 6) is 6.33. The number of aromatic nitrogens is 6. The van der Waals surface area contributed by atoms with Gasteiger partial charge in [-0.3, -0.25) is 4.79 Å². The average Bonchev–Trinajstić information content (AvgIpc) is 3.38. The van der Waals surface area contributed by atoms with E-state index in [-0.39, 0.29) is 5.69 Å². The van der Waals surface area contributed by atoms with Gasteiger partial charge in [0, 0.05) is 18.5 Å². The Morgan fingerprint density at radius 1 is 1.03 bits per heavy atom. The lowest BCUT2D eigenvalue weighted by Crippen LogP contribution is -2.25. The third-order valence-corrected chi connectivity index (χ3v) is 5.60. The molecule has 2 aromatic carbocycles. The van der Waals surface area contributed by atoms with E-state index in [1.807, 2.05) is 60.0 Å². The summed E-state index contributed by atoms with van der Waals surface area (Å²) < 4.78 is 1.82. The van der Waals surface area contributed by atoms with E-state index < -0.39 is 11.5 Å². The van der Waals surface area contributed by atoms with Crippen molar-refractivity contribution in [3.63, 3.8) is 0 Å². The molecule has 0 atom stereocenters. The number of rotatable bonds is 8. The van der Waals surface area contributed by atoms with E-state index in [4.69, 9.17) is 11.6 Å². The second kappa shape index (κ2) is 9.06. The van der Waals surface area contributed by atoms with Crippen LogP contribution in [0.25, 0.3) is 22.5 Å². The molecule has 0 saturated heterocycles. The van der Waals surface area contributed by atoms with Crippen LogP contribution in [-0.4, -0.2) is 40.9 Å². The maximum Gasteiger partial charge on any atom is 0.267 e. The zero-order chi connectivity index (χ0) is 24.5. The average molecular weight is 461 g/mol. The summed E-state index contributed by atoms with van der Waals surface area (Å²) in [6, 6.07) is 15.9. The molecule has 5 N–H and O–H groups in total. The number of carbonyl (C=O) groups is 1. The highest BCUT2D eigenvalue weighted by molar-refractivity contribution is 5.92. The molecule has 4 aromatic rings. The van der Waals surface area contributed by atoms with E-state index in [0.29, 0.717) is 24.5 Å². The van der Waals surface area contributed by atoms with Gasteiger partial charge in [-0.2, -0.15) is 0 Å². The van der Waals surface area contributed by atoms with Crippen molar-refractivity contribution in [2.24, 2.45) is 5.73 Å². The molecule has 0 aliphatic rings. The molecule has 10 nitrogen and oxygen atoms in total. The maximum atomic E-state index is 12.3. The van der Waals surface area contributed by atoms with Crippen molar-refractivity contribution in [1.82, 2.24) is 29.9 Å². The highest BCUT2D eigenvalue weighted by Crippen LogP contribution is 2.27. The number of tetrazole rings is 1. The van der Waals surface area contributed by atoms with E-state index in [1.54, 1.807) is 13.8 Å². The Morgan fingerprint density at radius 2 is 1.62 bits per heavy atom. The van der Waals surface area contributed by atoms with Crippen LogP contribution >= 0.6 is 0 Å². The van der Waals surface area contributed by atoms with Gasteiger partial charge in [-0.1, -0.05) is 55.5 Å². The van der Waals surface area contributed by atoms with Gasteiger partial charge in [0.2, 0.25) is 5.82 Å².